The molecule has 120 valence electrons. The first-order valence-corrected chi connectivity index (χ1v) is 8.41. The van der Waals surface area contributed by atoms with Gasteiger partial charge in [-0.1, -0.05) is 0 Å². The lowest BCUT2D eigenvalue weighted by Crippen LogP contribution is -2.54. The van der Waals surface area contributed by atoms with Gasteiger partial charge in [-0.15, -0.1) is 0 Å². The van der Waals surface area contributed by atoms with Gasteiger partial charge in [0.15, 0.2) is 0 Å². The van der Waals surface area contributed by atoms with Gasteiger partial charge in [0.1, 0.15) is 12.1 Å². The van der Waals surface area contributed by atoms with Crippen LogP contribution in [0.2, 0.25) is 0 Å². The molecule has 1 aliphatic heterocycles. The maximum atomic E-state index is 12.1. The maximum absolute atomic E-state index is 12.1. The van der Waals surface area contributed by atoms with E-state index in [1.807, 2.05) is 6.26 Å². The molecule has 0 saturated carbocycles. The lowest BCUT2D eigenvalue weighted by Gasteiger charge is -2.21. The van der Waals surface area contributed by atoms with E-state index in [-0.39, 0.29) is 11.9 Å². The molecule has 0 spiro atoms. The van der Waals surface area contributed by atoms with Crippen LogP contribution in [-0.4, -0.2) is 59.6 Å². The van der Waals surface area contributed by atoms with Gasteiger partial charge in [0.25, 0.3) is 0 Å². The number of rotatable bonds is 8. The number of aliphatic carboxylic acids is 1. The van der Waals surface area contributed by atoms with Crippen molar-refractivity contribution in [1.82, 2.24) is 16.0 Å². The van der Waals surface area contributed by atoms with Crippen LogP contribution >= 0.6 is 11.8 Å². The van der Waals surface area contributed by atoms with Gasteiger partial charge in [-0.25, -0.2) is 0 Å². The van der Waals surface area contributed by atoms with Crippen LogP contribution in [0.4, 0.5) is 0 Å². The highest BCUT2D eigenvalue weighted by molar-refractivity contribution is 7.98. The van der Waals surface area contributed by atoms with E-state index < -0.39 is 24.0 Å². The Kier molecular flexibility index (Phi) is 7.52. The summed E-state index contributed by atoms with van der Waals surface area (Å²) >= 11 is 1.57. The predicted molar refractivity (Wildman–Crippen MR) is 81.2 cm³/mol. The lowest BCUT2D eigenvalue weighted by molar-refractivity contribution is -0.141. The summed E-state index contributed by atoms with van der Waals surface area (Å²) in [6.07, 6.45) is 4.08. The molecule has 3 atom stereocenters. The molecule has 1 saturated heterocycles. The molecule has 2 amide bonds. The minimum atomic E-state index is -1.10. The number of carbonyl (C=O) groups is 3. The molecule has 0 aromatic heterocycles. The Labute approximate surface area is 128 Å². The molecule has 21 heavy (non-hydrogen) atoms. The summed E-state index contributed by atoms with van der Waals surface area (Å²) in [5, 5.41) is 17.0. The minimum Gasteiger partial charge on any atom is -0.480 e. The second-order valence-corrected chi connectivity index (χ2v) is 6.05. The number of carboxylic acid groups (broad SMARTS) is 1. The van der Waals surface area contributed by atoms with E-state index in [4.69, 9.17) is 5.11 Å². The largest absolute Gasteiger partial charge is 0.480 e. The molecule has 7 nitrogen and oxygen atoms in total. The summed E-state index contributed by atoms with van der Waals surface area (Å²) in [6.45, 7) is 2.20. The third kappa shape index (κ3) is 5.92. The quantitative estimate of drug-likeness (QED) is 0.484. The Balaban J connectivity index is 2.58. The van der Waals surface area contributed by atoms with Gasteiger partial charge < -0.3 is 21.1 Å². The second kappa shape index (κ2) is 8.89. The number of thioether (sulfide) groups is 1. The average molecular weight is 317 g/mol. The van der Waals surface area contributed by atoms with Gasteiger partial charge in [-0.2, -0.15) is 11.8 Å². The Morgan fingerprint density at radius 2 is 2.10 bits per heavy atom. The van der Waals surface area contributed by atoms with E-state index >= 15 is 0 Å². The van der Waals surface area contributed by atoms with Crippen molar-refractivity contribution >= 4 is 29.5 Å². The Bertz CT molecular complexity index is 386. The topological polar surface area (TPSA) is 108 Å². The second-order valence-electron chi connectivity index (χ2n) is 5.06. The minimum absolute atomic E-state index is 0.197. The highest BCUT2D eigenvalue weighted by Crippen LogP contribution is 2.07. The lowest BCUT2D eigenvalue weighted by atomic mass is 10.1. The number of carbonyl (C=O) groups excluding carboxylic acids is 2. The Morgan fingerprint density at radius 3 is 2.62 bits per heavy atom. The molecule has 1 fully saturated rings. The summed E-state index contributed by atoms with van der Waals surface area (Å²) in [7, 11) is 0. The third-order valence-electron chi connectivity index (χ3n) is 3.35. The fourth-order valence-corrected chi connectivity index (χ4v) is 2.53. The molecule has 0 aromatic carbocycles. The van der Waals surface area contributed by atoms with Crippen molar-refractivity contribution in [1.29, 1.82) is 0 Å². The zero-order valence-electron chi connectivity index (χ0n) is 12.3. The number of carboxylic acids is 1. The van der Waals surface area contributed by atoms with Crippen molar-refractivity contribution < 1.29 is 19.5 Å². The molecule has 0 aromatic rings. The summed E-state index contributed by atoms with van der Waals surface area (Å²) in [5.41, 5.74) is 0. The van der Waals surface area contributed by atoms with E-state index in [2.05, 4.69) is 16.0 Å². The normalized spacial score (nSPS) is 20.6. The fraction of sp³-hybridized carbons (Fsp3) is 0.769. The zero-order chi connectivity index (χ0) is 15.8. The summed E-state index contributed by atoms with van der Waals surface area (Å²) < 4.78 is 0. The summed E-state index contributed by atoms with van der Waals surface area (Å²) in [4.78, 5) is 34.9. The van der Waals surface area contributed by atoms with Crippen LogP contribution in [0.15, 0.2) is 0 Å². The SMILES string of the molecule is CSCC[C@H](NC(=O)[C@@H]1CCCN1)C(=O)N[C@@H](C)C(=O)O. The first-order valence-electron chi connectivity index (χ1n) is 7.01. The summed E-state index contributed by atoms with van der Waals surface area (Å²) in [5.74, 6) is -1.05. The summed E-state index contributed by atoms with van der Waals surface area (Å²) in [6, 6.07) is -1.93. The highest BCUT2D eigenvalue weighted by Gasteiger charge is 2.28. The van der Waals surface area contributed by atoms with E-state index in [0.717, 1.165) is 19.4 Å². The molecule has 1 aliphatic rings. The van der Waals surface area contributed by atoms with Crippen molar-refractivity contribution in [2.75, 3.05) is 18.6 Å². The van der Waals surface area contributed by atoms with Crippen molar-refractivity contribution in [3.05, 3.63) is 0 Å². The van der Waals surface area contributed by atoms with Gasteiger partial charge in [0, 0.05) is 0 Å². The highest BCUT2D eigenvalue weighted by atomic mass is 32.2. The molecule has 0 aliphatic carbocycles. The molecule has 0 unspecified atom stereocenters. The van der Waals surface area contributed by atoms with Crippen LogP contribution in [0.3, 0.4) is 0 Å². The van der Waals surface area contributed by atoms with Gasteiger partial charge in [0.2, 0.25) is 11.8 Å². The molecule has 4 N–H and O–H groups in total. The Hall–Kier alpha value is -1.28. The number of nitrogens with one attached hydrogen (secondary N) is 3. The maximum Gasteiger partial charge on any atom is 0.325 e. The van der Waals surface area contributed by atoms with Gasteiger partial charge in [-0.05, 0) is 44.7 Å². The average Bonchev–Trinajstić information content (AvgIpc) is 2.96. The van der Waals surface area contributed by atoms with Gasteiger partial charge >= 0.3 is 5.97 Å². The number of hydrogen-bond acceptors (Lipinski definition) is 5. The van der Waals surface area contributed by atoms with E-state index in [0.29, 0.717) is 12.2 Å². The Morgan fingerprint density at radius 1 is 1.38 bits per heavy atom. The molecule has 0 radical (unpaired) electrons. The molecular weight excluding hydrogens is 294 g/mol. The monoisotopic (exact) mass is 317 g/mol. The van der Waals surface area contributed by atoms with Crippen molar-refractivity contribution in [2.24, 2.45) is 0 Å². The van der Waals surface area contributed by atoms with Crippen LogP contribution in [0.1, 0.15) is 26.2 Å². The standard InChI is InChI=1S/C13H23N3O4S/c1-8(13(19)20)15-12(18)10(5-7-21-2)16-11(17)9-4-3-6-14-9/h8-10,14H,3-7H2,1-2H3,(H,15,18)(H,16,17)(H,19,20)/t8-,9-,10-/m0/s1. The van der Waals surface area contributed by atoms with Gasteiger partial charge in [-0.3, -0.25) is 14.4 Å². The van der Waals surface area contributed by atoms with Crippen LogP contribution in [-0.2, 0) is 14.4 Å². The van der Waals surface area contributed by atoms with Crippen LogP contribution < -0.4 is 16.0 Å². The van der Waals surface area contributed by atoms with Crippen molar-refractivity contribution in [2.45, 2.75) is 44.3 Å². The van der Waals surface area contributed by atoms with Gasteiger partial charge in [0.05, 0.1) is 6.04 Å². The fourth-order valence-electron chi connectivity index (χ4n) is 2.06. The first-order chi connectivity index (χ1) is 9.95. The molecule has 8 heteroatoms. The number of amides is 2. The van der Waals surface area contributed by atoms with E-state index in [1.165, 1.54) is 6.92 Å². The van der Waals surface area contributed by atoms with Crippen molar-refractivity contribution in [3.8, 4) is 0 Å². The third-order valence-corrected chi connectivity index (χ3v) is 3.99. The molecule has 0 bridgehead atoms. The number of hydrogen-bond donors (Lipinski definition) is 4. The first kappa shape index (κ1) is 17.8. The smallest absolute Gasteiger partial charge is 0.325 e. The zero-order valence-corrected chi connectivity index (χ0v) is 13.2. The molecular formula is C13H23N3O4S. The van der Waals surface area contributed by atoms with E-state index in [1.54, 1.807) is 11.8 Å². The van der Waals surface area contributed by atoms with Crippen LogP contribution in [0, 0.1) is 0 Å². The molecule has 1 heterocycles. The van der Waals surface area contributed by atoms with Crippen molar-refractivity contribution in [3.63, 3.8) is 0 Å². The molecule has 1 rings (SSSR count). The van der Waals surface area contributed by atoms with Crippen LogP contribution in [0.5, 0.6) is 0 Å². The van der Waals surface area contributed by atoms with E-state index in [9.17, 15) is 14.4 Å². The van der Waals surface area contributed by atoms with Crippen LogP contribution in [0.25, 0.3) is 0 Å². The predicted octanol–water partition coefficient (Wildman–Crippen LogP) is -0.434.